The number of anilines is 1. The SMILES string of the molecule is CCC1CCN(c2c(Cl)cc([N+](=O)[O-])cc2C(=O)O)C1. The van der Waals surface area contributed by atoms with Gasteiger partial charge < -0.3 is 10.0 Å². The number of halogens is 1. The molecule has 1 N–H and O–H groups in total. The van der Waals surface area contributed by atoms with Gasteiger partial charge in [0.2, 0.25) is 0 Å². The van der Waals surface area contributed by atoms with Crippen LogP contribution in [0.25, 0.3) is 0 Å². The van der Waals surface area contributed by atoms with Gasteiger partial charge in [-0.25, -0.2) is 4.79 Å². The van der Waals surface area contributed by atoms with Crippen LogP contribution in [-0.2, 0) is 0 Å². The number of aromatic carboxylic acids is 1. The predicted octanol–water partition coefficient (Wildman–Crippen LogP) is 3.18. The van der Waals surface area contributed by atoms with Crippen molar-refractivity contribution < 1.29 is 14.8 Å². The fourth-order valence-electron chi connectivity index (χ4n) is 2.54. The third kappa shape index (κ3) is 2.70. The highest BCUT2D eigenvalue weighted by molar-refractivity contribution is 6.34. The van der Waals surface area contributed by atoms with Gasteiger partial charge in [-0.2, -0.15) is 0 Å². The molecule has 20 heavy (non-hydrogen) atoms. The van der Waals surface area contributed by atoms with E-state index in [2.05, 4.69) is 6.92 Å². The third-order valence-electron chi connectivity index (χ3n) is 3.67. The zero-order valence-corrected chi connectivity index (χ0v) is 11.8. The smallest absolute Gasteiger partial charge is 0.338 e. The number of rotatable bonds is 4. The van der Waals surface area contributed by atoms with Gasteiger partial charge in [-0.05, 0) is 12.3 Å². The Hall–Kier alpha value is -1.82. The van der Waals surface area contributed by atoms with Gasteiger partial charge in [0.05, 0.1) is 21.2 Å². The number of nitrogens with zero attached hydrogens (tertiary/aromatic N) is 2. The van der Waals surface area contributed by atoms with Crippen LogP contribution in [0.1, 0.15) is 30.1 Å². The van der Waals surface area contributed by atoms with Crippen molar-refractivity contribution in [1.82, 2.24) is 0 Å². The Morgan fingerprint density at radius 3 is 2.80 bits per heavy atom. The van der Waals surface area contributed by atoms with Gasteiger partial charge in [0, 0.05) is 25.2 Å². The Morgan fingerprint density at radius 2 is 2.30 bits per heavy atom. The molecule has 1 aromatic rings. The average molecular weight is 299 g/mol. The van der Waals surface area contributed by atoms with Crippen LogP contribution in [-0.4, -0.2) is 29.1 Å². The quantitative estimate of drug-likeness (QED) is 0.681. The first kappa shape index (κ1) is 14.6. The standard InChI is InChI=1S/C13H15ClN2O4/c1-2-8-3-4-15(7-8)12-10(13(17)18)5-9(16(19)20)6-11(12)14/h5-6,8H,2-4,7H2,1H3,(H,17,18). The lowest BCUT2D eigenvalue weighted by molar-refractivity contribution is -0.384. The molecule has 0 amide bonds. The summed E-state index contributed by atoms with van der Waals surface area (Å²) in [7, 11) is 0. The molecule has 1 atom stereocenters. The number of hydrogen-bond donors (Lipinski definition) is 1. The summed E-state index contributed by atoms with van der Waals surface area (Å²) in [6, 6.07) is 2.28. The molecule has 0 aliphatic carbocycles. The minimum Gasteiger partial charge on any atom is -0.478 e. The molecule has 1 saturated heterocycles. The first-order valence-corrected chi connectivity index (χ1v) is 6.78. The van der Waals surface area contributed by atoms with Crippen molar-refractivity contribution in [3.63, 3.8) is 0 Å². The van der Waals surface area contributed by atoms with Crippen LogP contribution >= 0.6 is 11.6 Å². The van der Waals surface area contributed by atoms with Crippen LogP contribution in [0.3, 0.4) is 0 Å². The van der Waals surface area contributed by atoms with Gasteiger partial charge >= 0.3 is 5.97 Å². The second-order valence-corrected chi connectivity index (χ2v) is 5.30. The summed E-state index contributed by atoms with van der Waals surface area (Å²) in [5.41, 5.74) is -0.0240. The molecule has 7 heteroatoms. The van der Waals surface area contributed by atoms with E-state index in [0.29, 0.717) is 11.6 Å². The number of carboxylic acid groups (broad SMARTS) is 1. The van der Waals surface area contributed by atoms with Crippen molar-refractivity contribution in [3.05, 3.63) is 32.8 Å². The van der Waals surface area contributed by atoms with Gasteiger partial charge in [0.25, 0.3) is 5.69 Å². The lowest BCUT2D eigenvalue weighted by atomic mass is 10.1. The lowest BCUT2D eigenvalue weighted by Gasteiger charge is -2.22. The van der Waals surface area contributed by atoms with E-state index in [0.717, 1.165) is 32.0 Å². The molecule has 1 aliphatic heterocycles. The molecule has 1 aromatic carbocycles. The van der Waals surface area contributed by atoms with E-state index in [1.165, 1.54) is 6.07 Å². The zero-order valence-electron chi connectivity index (χ0n) is 11.0. The summed E-state index contributed by atoms with van der Waals surface area (Å²) >= 11 is 6.08. The van der Waals surface area contributed by atoms with Gasteiger partial charge in [-0.1, -0.05) is 24.9 Å². The minimum atomic E-state index is -1.20. The Labute approximate surface area is 121 Å². The molecule has 0 bridgehead atoms. The molecule has 6 nitrogen and oxygen atoms in total. The first-order chi connectivity index (χ1) is 9.43. The molecule has 1 heterocycles. The summed E-state index contributed by atoms with van der Waals surface area (Å²) in [5.74, 6) is -0.701. The predicted molar refractivity (Wildman–Crippen MR) is 75.7 cm³/mol. The molecule has 1 fully saturated rings. The Balaban J connectivity index is 2.47. The fraction of sp³-hybridized carbons (Fsp3) is 0.462. The van der Waals surface area contributed by atoms with E-state index < -0.39 is 10.9 Å². The highest BCUT2D eigenvalue weighted by Gasteiger charge is 2.28. The van der Waals surface area contributed by atoms with Crippen LogP contribution in [0, 0.1) is 16.0 Å². The molecule has 0 aromatic heterocycles. The van der Waals surface area contributed by atoms with Crippen LogP contribution < -0.4 is 4.90 Å². The number of carbonyl (C=O) groups is 1. The summed E-state index contributed by atoms with van der Waals surface area (Å²) < 4.78 is 0. The molecule has 108 valence electrons. The van der Waals surface area contributed by atoms with Gasteiger partial charge in [0.15, 0.2) is 0 Å². The highest BCUT2D eigenvalue weighted by Crippen LogP contribution is 2.37. The molecular formula is C13H15ClN2O4. The largest absolute Gasteiger partial charge is 0.478 e. The molecule has 0 saturated carbocycles. The Morgan fingerprint density at radius 1 is 1.60 bits per heavy atom. The van der Waals surface area contributed by atoms with Crippen molar-refractivity contribution in [2.24, 2.45) is 5.92 Å². The number of benzene rings is 1. The topological polar surface area (TPSA) is 83.7 Å². The summed E-state index contributed by atoms with van der Waals surface area (Å²) in [4.78, 5) is 23.4. The van der Waals surface area contributed by atoms with Crippen LogP contribution in [0.15, 0.2) is 12.1 Å². The zero-order chi connectivity index (χ0) is 14.9. The number of nitro groups is 1. The molecular weight excluding hydrogens is 284 g/mol. The highest BCUT2D eigenvalue weighted by atomic mass is 35.5. The Kier molecular flexibility index (Phi) is 4.13. The number of carboxylic acids is 1. The molecule has 2 rings (SSSR count). The average Bonchev–Trinajstić information content (AvgIpc) is 2.85. The van der Waals surface area contributed by atoms with E-state index in [1.807, 2.05) is 4.90 Å². The van der Waals surface area contributed by atoms with Crippen LogP contribution in [0.4, 0.5) is 11.4 Å². The maximum absolute atomic E-state index is 11.3. The number of non-ortho nitro benzene ring substituents is 1. The van der Waals surface area contributed by atoms with Crippen molar-refractivity contribution in [1.29, 1.82) is 0 Å². The molecule has 1 unspecified atom stereocenters. The van der Waals surface area contributed by atoms with E-state index in [-0.39, 0.29) is 16.3 Å². The number of nitro benzene ring substituents is 1. The summed E-state index contributed by atoms with van der Waals surface area (Å²) in [6.45, 7) is 3.54. The van der Waals surface area contributed by atoms with Gasteiger partial charge in [-0.3, -0.25) is 10.1 Å². The van der Waals surface area contributed by atoms with Gasteiger partial charge in [0.1, 0.15) is 0 Å². The van der Waals surface area contributed by atoms with Gasteiger partial charge in [-0.15, -0.1) is 0 Å². The lowest BCUT2D eigenvalue weighted by Crippen LogP contribution is -2.22. The Bertz CT molecular complexity index is 562. The maximum atomic E-state index is 11.3. The maximum Gasteiger partial charge on any atom is 0.338 e. The minimum absolute atomic E-state index is 0.110. The normalized spacial score (nSPS) is 18.3. The van der Waals surface area contributed by atoms with Crippen molar-refractivity contribution >= 4 is 28.9 Å². The van der Waals surface area contributed by atoms with Crippen molar-refractivity contribution in [3.8, 4) is 0 Å². The first-order valence-electron chi connectivity index (χ1n) is 6.40. The fourth-order valence-corrected chi connectivity index (χ4v) is 2.88. The van der Waals surface area contributed by atoms with E-state index >= 15 is 0 Å². The monoisotopic (exact) mass is 298 g/mol. The second kappa shape index (κ2) is 5.66. The van der Waals surface area contributed by atoms with E-state index in [1.54, 1.807) is 0 Å². The molecule has 0 spiro atoms. The summed E-state index contributed by atoms with van der Waals surface area (Å²) in [5, 5.41) is 20.2. The third-order valence-corrected chi connectivity index (χ3v) is 3.96. The van der Waals surface area contributed by atoms with Crippen LogP contribution in [0.2, 0.25) is 5.02 Å². The number of hydrogen-bond acceptors (Lipinski definition) is 4. The van der Waals surface area contributed by atoms with Crippen LogP contribution in [0.5, 0.6) is 0 Å². The van der Waals surface area contributed by atoms with Crippen molar-refractivity contribution in [2.45, 2.75) is 19.8 Å². The summed E-state index contributed by atoms with van der Waals surface area (Å²) in [6.07, 6.45) is 1.99. The molecule has 1 aliphatic rings. The van der Waals surface area contributed by atoms with E-state index in [4.69, 9.17) is 11.6 Å². The van der Waals surface area contributed by atoms with E-state index in [9.17, 15) is 20.0 Å². The van der Waals surface area contributed by atoms with Crippen molar-refractivity contribution in [2.75, 3.05) is 18.0 Å². The second-order valence-electron chi connectivity index (χ2n) is 4.89. The molecule has 0 radical (unpaired) electrons.